The molecule has 0 saturated heterocycles. The summed E-state index contributed by atoms with van der Waals surface area (Å²) in [6.45, 7) is 1.86. The number of nitrogens with zero attached hydrogens (tertiary/aromatic N) is 2. The lowest BCUT2D eigenvalue weighted by Gasteiger charge is -2.08. The minimum atomic E-state index is -0.457. The standard InChI is InChI=1S/C17H11FN3O2/c1-9-6-12-13(21-9)4-5-15(16(12)18)23-17-11-3-2-10(22)7-14(11)19-8-20-17/h3-8,21-22H,1H3. The van der Waals surface area contributed by atoms with Crippen LogP contribution in [0.5, 0.6) is 17.4 Å². The second-order valence-corrected chi connectivity index (χ2v) is 5.19. The maximum Gasteiger partial charge on any atom is 0.230 e. The van der Waals surface area contributed by atoms with Crippen molar-refractivity contribution in [3.05, 3.63) is 54.2 Å². The van der Waals surface area contributed by atoms with Gasteiger partial charge in [0.1, 0.15) is 12.1 Å². The quantitative estimate of drug-likeness (QED) is 0.590. The van der Waals surface area contributed by atoms with E-state index in [0.717, 1.165) is 5.69 Å². The van der Waals surface area contributed by atoms with Crippen LogP contribution in [-0.2, 0) is 0 Å². The van der Waals surface area contributed by atoms with E-state index in [1.54, 1.807) is 18.2 Å². The van der Waals surface area contributed by atoms with Gasteiger partial charge in [0.2, 0.25) is 5.88 Å². The molecule has 23 heavy (non-hydrogen) atoms. The van der Waals surface area contributed by atoms with Gasteiger partial charge in [0.15, 0.2) is 11.6 Å². The number of H-pyrrole nitrogens is 1. The van der Waals surface area contributed by atoms with Crippen molar-refractivity contribution in [2.75, 3.05) is 0 Å². The molecule has 0 spiro atoms. The molecule has 2 heterocycles. The van der Waals surface area contributed by atoms with Gasteiger partial charge < -0.3 is 14.8 Å². The van der Waals surface area contributed by atoms with Crippen LogP contribution in [0.15, 0.2) is 36.7 Å². The lowest BCUT2D eigenvalue weighted by molar-refractivity contribution is 0.434. The molecule has 0 aliphatic rings. The summed E-state index contributed by atoms with van der Waals surface area (Å²) in [6.07, 6.45) is 1.30. The molecule has 113 valence electrons. The summed E-state index contributed by atoms with van der Waals surface area (Å²) in [5, 5.41) is 10.5. The first-order valence-electron chi connectivity index (χ1n) is 6.93. The molecular formula is C17H11FN3O2. The number of fused-ring (bicyclic) bond motifs is 2. The van der Waals surface area contributed by atoms with Gasteiger partial charge in [0.25, 0.3) is 0 Å². The fourth-order valence-electron chi connectivity index (χ4n) is 2.51. The molecule has 0 bridgehead atoms. The summed E-state index contributed by atoms with van der Waals surface area (Å²) in [7, 11) is 0. The third kappa shape index (κ3) is 2.24. The van der Waals surface area contributed by atoms with Crippen LogP contribution in [-0.4, -0.2) is 20.1 Å². The number of halogens is 1. The van der Waals surface area contributed by atoms with Crippen LogP contribution < -0.4 is 4.74 Å². The first kappa shape index (κ1) is 13.5. The molecule has 5 nitrogen and oxygen atoms in total. The maximum atomic E-state index is 14.6. The molecule has 6 heteroatoms. The minimum Gasteiger partial charge on any atom is -0.507 e. The number of benzene rings is 2. The highest BCUT2D eigenvalue weighted by atomic mass is 19.1. The molecule has 0 unspecified atom stereocenters. The minimum absolute atomic E-state index is 0.0300. The van der Waals surface area contributed by atoms with Gasteiger partial charge >= 0.3 is 0 Å². The van der Waals surface area contributed by atoms with Crippen molar-refractivity contribution in [2.24, 2.45) is 0 Å². The Morgan fingerprint density at radius 3 is 2.96 bits per heavy atom. The van der Waals surface area contributed by atoms with E-state index in [1.165, 1.54) is 18.5 Å². The number of nitrogens with one attached hydrogen (secondary N) is 1. The highest BCUT2D eigenvalue weighted by molar-refractivity contribution is 5.85. The van der Waals surface area contributed by atoms with E-state index in [9.17, 15) is 9.50 Å². The fourth-order valence-corrected chi connectivity index (χ4v) is 2.51. The van der Waals surface area contributed by atoms with Gasteiger partial charge in [-0.1, -0.05) is 0 Å². The van der Waals surface area contributed by atoms with E-state index >= 15 is 0 Å². The monoisotopic (exact) mass is 308 g/mol. The van der Waals surface area contributed by atoms with Crippen LogP contribution in [0.25, 0.3) is 21.8 Å². The van der Waals surface area contributed by atoms with E-state index < -0.39 is 5.82 Å². The molecule has 2 aromatic heterocycles. The van der Waals surface area contributed by atoms with Gasteiger partial charge in [-0.3, -0.25) is 0 Å². The Hall–Kier alpha value is -3.15. The molecule has 1 radical (unpaired) electrons. The summed E-state index contributed by atoms with van der Waals surface area (Å²) in [6, 6.07) is 10.6. The maximum absolute atomic E-state index is 14.6. The van der Waals surface area contributed by atoms with E-state index in [0.29, 0.717) is 21.8 Å². The van der Waals surface area contributed by atoms with E-state index in [2.05, 4.69) is 21.0 Å². The third-order valence-electron chi connectivity index (χ3n) is 3.56. The number of hydrogen-bond acceptors (Lipinski definition) is 4. The van der Waals surface area contributed by atoms with E-state index in [-0.39, 0.29) is 17.4 Å². The van der Waals surface area contributed by atoms with Crippen molar-refractivity contribution in [3.63, 3.8) is 0 Å². The molecule has 0 aliphatic carbocycles. The molecule has 0 amide bonds. The van der Waals surface area contributed by atoms with Crippen LogP contribution in [0, 0.1) is 18.8 Å². The number of aromatic hydroxyl groups is 1. The molecular weight excluding hydrogens is 297 g/mol. The van der Waals surface area contributed by atoms with Gasteiger partial charge in [-0.25, -0.2) is 14.4 Å². The van der Waals surface area contributed by atoms with Crippen LogP contribution in [0.1, 0.15) is 5.69 Å². The number of aromatic amines is 1. The van der Waals surface area contributed by atoms with Gasteiger partial charge in [0, 0.05) is 28.7 Å². The first-order valence-corrected chi connectivity index (χ1v) is 6.93. The third-order valence-corrected chi connectivity index (χ3v) is 3.56. The van der Waals surface area contributed by atoms with Gasteiger partial charge in [-0.2, -0.15) is 0 Å². The van der Waals surface area contributed by atoms with Gasteiger partial charge in [-0.15, -0.1) is 0 Å². The summed E-state index contributed by atoms with van der Waals surface area (Å²) in [5.41, 5.74) is 2.07. The Bertz CT molecular complexity index is 1040. The smallest absolute Gasteiger partial charge is 0.230 e. The van der Waals surface area contributed by atoms with Crippen LogP contribution >= 0.6 is 0 Å². The normalized spacial score (nSPS) is 11.2. The molecule has 0 fully saturated rings. The van der Waals surface area contributed by atoms with E-state index in [4.69, 9.17) is 4.74 Å². The predicted octanol–water partition coefficient (Wildman–Crippen LogP) is 3.86. The topological polar surface area (TPSA) is 71.0 Å². The Balaban J connectivity index is 1.83. The first-order chi connectivity index (χ1) is 11.1. The molecule has 0 atom stereocenters. The lowest BCUT2D eigenvalue weighted by atomic mass is 10.2. The zero-order chi connectivity index (χ0) is 16.0. The number of phenols is 1. The molecule has 4 rings (SSSR count). The summed E-state index contributed by atoms with van der Waals surface area (Å²) < 4.78 is 20.2. The van der Waals surface area contributed by atoms with Gasteiger partial charge in [-0.05, 0) is 31.2 Å². The van der Waals surface area contributed by atoms with Gasteiger partial charge in [0.05, 0.1) is 10.9 Å². The Kier molecular flexibility index (Phi) is 2.90. The molecule has 2 N–H and O–H groups in total. The number of aryl methyl sites for hydroxylation is 1. The van der Waals surface area contributed by atoms with Crippen LogP contribution in [0.3, 0.4) is 0 Å². The lowest BCUT2D eigenvalue weighted by Crippen LogP contribution is -1.94. The van der Waals surface area contributed by atoms with Crippen LogP contribution in [0.4, 0.5) is 4.39 Å². The SMILES string of the molecule is Cc1cc2c(F)c(Oc3ncnc4cc(O)[c]cc34)ccc2[nH]1. The van der Waals surface area contributed by atoms with Crippen molar-refractivity contribution >= 4 is 21.8 Å². The number of ether oxygens (including phenoxy) is 1. The zero-order valence-electron chi connectivity index (χ0n) is 12.1. The average Bonchev–Trinajstić information content (AvgIpc) is 2.91. The second kappa shape index (κ2) is 4.95. The number of aromatic nitrogens is 3. The summed E-state index contributed by atoms with van der Waals surface area (Å²) in [5.74, 6) is -0.208. The highest BCUT2D eigenvalue weighted by Crippen LogP contribution is 2.32. The number of phenolic OH excluding ortho intramolecular Hbond substituents is 1. The molecule has 2 aromatic carbocycles. The highest BCUT2D eigenvalue weighted by Gasteiger charge is 2.14. The van der Waals surface area contributed by atoms with Crippen molar-refractivity contribution in [1.82, 2.24) is 15.0 Å². The van der Waals surface area contributed by atoms with E-state index in [1.807, 2.05) is 6.92 Å². The average molecular weight is 308 g/mol. The number of hydrogen-bond donors (Lipinski definition) is 2. The zero-order valence-corrected chi connectivity index (χ0v) is 12.1. The summed E-state index contributed by atoms with van der Waals surface area (Å²) >= 11 is 0. The van der Waals surface area contributed by atoms with Crippen molar-refractivity contribution < 1.29 is 14.2 Å². The van der Waals surface area contributed by atoms with Crippen LogP contribution in [0.2, 0.25) is 0 Å². The summed E-state index contributed by atoms with van der Waals surface area (Å²) in [4.78, 5) is 11.2. The Morgan fingerprint density at radius 1 is 1.22 bits per heavy atom. The fraction of sp³-hybridized carbons (Fsp3) is 0.0588. The Labute approximate surface area is 130 Å². The second-order valence-electron chi connectivity index (χ2n) is 5.19. The largest absolute Gasteiger partial charge is 0.507 e. The predicted molar refractivity (Wildman–Crippen MR) is 83.1 cm³/mol. The molecule has 4 aromatic rings. The Morgan fingerprint density at radius 2 is 2.09 bits per heavy atom. The molecule has 0 aliphatic heterocycles. The molecule has 0 saturated carbocycles. The number of rotatable bonds is 2. The van der Waals surface area contributed by atoms with Crippen molar-refractivity contribution in [3.8, 4) is 17.4 Å². The van der Waals surface area contributed by atoms with Crippen molar-refractivity contribution in [1.29, 1.82) is 0 Å². The van der Waals surface area contributed by atoms with Crippen molar-refractivity contribution in [2.45, 2.75) is 6.92 Å².